The maximum Gasteiger partial charge on any atom is 0.343 e. The molecular formula is C10H9BrN4O. The third-order valence-electron chi connectivity index (χ3n) is 2.84. The van der Waals surface area contributed by atoms with Crippen molar-refractivity contribution < 1.29 is 0 Å². The molecule has 0 amide bonds. The van der Waals surface area contributed by atoms with Gasteiger partial charge < -0.3 is 0 Å². The van der Waals surface area contributed by atoms with Gasteiger partial charge in [-0.3, -0.25) is 9.55 Å². The van der Waals surface area contributed by atoms with Crippen molar-refractivity contribution in [3.8, 4) is 0 Å². The molecule has 0 radical (unpaired) electrons. The molecule has 2 aromatic rings. The van der Waals surface area contributed by atoms with Crippen molar-refractivity contribution in [3.63, 3.8) is 0 Å². The first-order valence-electron chi connectivity index (χ1n) is 5.02. The smallest absolute Gasteiger partial charge is 0.271 e. The van der Waals surface area contributed by atoms with E-state index in [-0.39, 0.29) is 11.7 Å². The fourth-order valence-electron chi connectivity index (χ4n) is 2.16. The van der Waals surface area contributed by atoms with E-state index >= 15 is 0 Å². The highest BCUT2D eigenvalue weighted by Crippen LogP contribution is 2.29. The van der Waals surface area contributed by atoms with Gasteiger partial charge in [0.25, 0.3) is 0 Å². The van der Waals surface area contributed by atoms with Gasteiger partial charge in [-0.05, 0) is 34.0 Å². The van der Waals surface area contributed by atoms with Crippen molar-refractivity contribution in [2.24, 2.45) is 0 Å². The van der Waals surface area contributed by atoms with Crippen LogP contribution < -0.4 is 5.69 Å². The highest BCUT2D eigenvalue weighted by atomic mass is 79.9. The number of aryl methyl sites for hydroxylation is 1. The number of pyridine rings is 1. The Morgan fingerprint density at radius 3 is 3.19 bits per heavy atom. The van der Waals surface area contributed by atoms with Gasteiger partial charge in [-0.1, -0.05) is 0 Å². The second-order valence-corrected chi connectivity index (χ2v) is 4.72. The van der Waals surface area contributed by atoms with Crippen molar-refractivity contribution in [3.05, 3.63) is 44.8 Å². The van der Waals surface area contributed by atoms with Crippen LogP contribution in [0, 0.1) is 0 Å². The van der Waals surface area contributed by atoms with Gasteiger partial charge >= 0.3 is 5.69 Å². The normalized spacial score (nSPS) is 18.7. The Balaban J connectivity index is 2.10. The number of hydrogen-bond acceptors (Lipinski definition) is 3. The minimum Gasteiger partial charge on any atom is -0.271 e. The molecule has 82 valence electrons. The predicted octanol–water partition coefficient (Wildman–Crippen LogP) is 1.26. The fraction of sp³-hybridized carbons (Fsp3) is 0.300. The molecular weight excluding hydrogens is 272 g/mol. The van der Waals surface area contributed by atoms with Crippen LogP contribution in [-0.4, -0.2) is 19.7 Å². The molecule has 3 rings (SSSR count). The number of nitrogens with one attached hydrogen (secondary N) is 1. The van der Waals surface area contributed by atoms with Crippen LogP contribution in [0.15, 0.2) is 27.7 Å². The Morgan fingerprint density at radius 2 is 2.38 bits per heavy atom. The number of H-pyrrole nitrogens is 1. The van der Waals surface area contributed by atoms with E-state index < -0.39 is 0 Å². The third-order valence-corrected chi connectivity index (χ3v) is 3.28. The summed E-state index contributed by atoms with van der Waals surface area (Å²) >= 11 is 3.39. The molecule has 1 aliphatic rings. The summed E-state index contributed by atoms with van der Waals surface area (Å²) in [5, 5.41) is 6.47. The Morgan fingerprint density at radius 1 is 1.50 bits per heavy atom. The van der Waals surface area contributed by atoms with Crippen molar-refractivity contribution in [1.82, 2.24) is 19.7 Å². The number of aromatic amines is 1. The highest BCUT2D eigenvalue weighted by molar-refractivity contribution is 9.10. The Hall–Kier alpha value is -1.43. The van der Waals surface area contributed by atoms with Gasteiger partial charge in [0.2, 0.25) is 0 Å². The molecule has 3 heterocycles. The second-order valence-electron chi connectivity index (χ2n) is 3.81. The van der Waals surface area contributed by atoms with Gasteiger partial charge in [-0.2, -0.15) is 5.10 Å². The topological polar surface area (TPSA) is 63.6 Å². The molecule has 0 saturated heterocycles. The summed E-state index contributed by atoms with van der Waals surface area (Å²) in [5.74, 6) is 0.829. The Labute approximate surface area is 99.7 Å². The first kappa shape index (κ1) is 9.77. The van der Waals surface area contributed by atoms with E-state index in [1.54, 1.807) is 17.0 Å². The molecule has 1 atom stereocenters. The van der Waals surface area contributed by atoms with Gasteiger partial charge in [0.15, 0.2) is 0 Å². The molecule has 0 spiro atoms. The molecule has 5 nitrogen and oxygen atoms in total. The monoisotopic (exact) mass is 280 g/mol. The number of aromatic nitrogens is 4. The molecule has 16 heavy (non-hydrogen) atoms. The lowest BCUT2D eigenvalue weighted by molar-refractivity contribution is 0.595. The summed E-state index contributed by atoms with van der Waals surface area (Å²) in [6.07, 6.45) is 5.27. The lowest BCUT2D eigenvalue weighted by atomic mass is 10.1. The fourth-order valence-corrected chi connectivity index (χ4v) is 2.54. The lowest BCUT2D eigenvalue weighted by Crippen LogP contribution is -2.20. The molecule has 0 bridgehead atoms. The van der Waals surface area contributed by atoms with Crippen molar-refractivity contribution in [2.45, 2.75) is 18.9 Å². The van der Waals surface area contributed by atoms with Crippen LogP contribution in [0.5, 0.6) is 0 Å². The third kappa shape index (κ3) is 1.41. The summed E-state index contributed by atoms with van der Waals surface area (Å²) < 4.78 is 2.64. The van der Waals surface area contributed by atoms with Gasteiger partial charge in [0, 0.05) is 23.3 Å². The predicted molar refractivity (Wildman–Crippen MR) is 61.2 cm³/mol. The lowest BCUT2D eigenvalue weighted by Gasteiger charge is -2.11. The van der Waals surface area contributed by atoms with Crippen LogP contribution >= 0.6 is 15.9 Å². The summed E-state index contributed by atoms with van der Waals surface area (Å²) in [6.45, 7) is 0. The molecule has 0 aromatic carbocycles. The number of hydrogen-bond donors (Lipinski definition) is 1. The zero-order chi connectivity index (χ0) is 11.1. The molecule has 1 N–H and O–H groups in total. The molecule has 0 fully saturated rings. The van der Waals surface area contributed by atoms with Crippen molar-refractivity contribution in [2.75, 3.05) is 0 Å². The number of halogens is 1. The van der Waals surface area contributed by atoms with Crippen LogP contribution in [0.25, 0.3) is 0 Å². The molecule has 2 aromatic heterocycles. The largest absolute Gasteiger partial charge is 0.343 e. The Bertz CT molecular complexity index is 589. The quantitative estimate of drug-likeness (QED) is 0.856. The minimum absolute atomic E-state index is 0.0613. The van der Waals surface area contributed by atoms with E-state index in [1.807, 2.05) is 6.07 Å². The molecule has 1 aliphatic heterocycles. The average molecular weight is 281 g/mol. The Kier molecular flexibility index (Phi) is 2.17. The average Bonchev–Trinajstić information content (AvgIpc) is 2.82. The van der Waals surface area contributed by atoms with E-state index in [4.69, 9.17) is 0 Å². The SMILES string of the molecule is O=c1[nH]nc2n1C(c1cncc(Br)c1)CC2. The standard InChI is InChI=1S/C10H9BrN4O/c11-7-3-6(4-12-5-7)8-1-2-9-13-14-10(16)15(8)9/h3-5,8H,1-2H2,(H,14,16). The van der Waals surface area contributed by atoms with E-state index in [9.17, 15) is 4.79 Å². The number of nitrogens with zero attached hydrogens (tertiary/aromatic N) is 3. The maximum absolute atomic E-state index is 11.6. The van der Waals surface area contributed by atoms with Crippen molar-refractivity contribution >= 4 is 15.9 Å². The van der Waals surface area contributed by atoms with E-state index in [0.717, 1.165) is 28.7 Å². The summed E-state index contributed by atoms with van der Waals surface area (Å²) in [4.78, 5) is 15.7. The summed E-state index contributed by atoms with van der Waals surface area (Å²) in [6, 6.07) is 2.05. The summed E-state index contributed by atoms with van der Waals surface area (Å²) in [5.41, 5.74) is 0.897. The summed E-state index contributed by atoms with van der Waals surface area (Å²) in [7, 11) is 0. The van der Waals surface area contributed by atoms with E-state index in [1.165, 1.54) is 0 Å². The zero-order valence-corrected chi connectivity index (χ0v) is 9.94. The molecule has 0 aliphatic carbocycles. The van der Waals surface area contributed by atoms with Crippen LogP contribution in [0.4, 0.5) is 0 Å². The molecule has 6 heteroatoms. The number of rotatable bonds is 1. The maximum atomic E-state index is 11.6. The molecule has 0 saturated carbocycles. The van der Waals surface area contributed by atoms with Crippen LogP contribution in [-0.2, 0) is 6.42 Å². The van der Waals surface area contributed by atoms with Crippen molar-refractivity contribution in [1.29, 1.82) is 0 Å². The first-order valence-corrected chi connectivity index (χ1v) is 5.81. The van der Waals surface area contributed by atoms with Gasteiger partial charge in [-0.15, -0.1) is 0 Å². The number of fused-ring (bicyclic) bond motifs is 1. The molecule has 1 unspecified atom stereocenters. The second kappa shape index (κ2) is 3.55. The van der Waals surface area contributed by atoms with E-state index in [2.05, 4.69) is 31.1 Å². The van der Waals surface area contributed by atoms with Gasteiger partial charge in [-0.25, -0.2) is 9.89 Å². The van der Waals surface area contributed by atoms with Crippen LogP contribution in [0.1, 0.15) is 23.9 Å². The van der Waals surface area contributed by atoms with Gasteiger partial charge in [0.1, 0.15) is 5.82 Å². The zero-order valence-electron chi connectivity index (χ0n) is 8.35. The van der Waals surface area contributed by atoms with Gasteiger partial charge in [0.05, 0.1) is 6.04 Å². The van der Waals surface area contributed by atoms with Crippen LogP contribution in [0.2, 0.25) is 0 Å². The van der Waals surface area contributed by atoms with Crippen LogP contribution in [0.3, 0.4) is 0 Å². The highest BCUT2D eigenvalue weighted by Gasteiger charge is 2.27. The van der Waals surface area contributed by atoms with E-state index in [0.29, 0.717) is 0 Å². The minimum atomic E-state index is -0.141. The first-order chi connectivity index (χ1) is 7.75.